The minimum absolute atomic E-state index is 0.0379. The van der Waals surface area contributed by atoms with Gasteiger partial charge in [0.2, 0.25) is 0 Å². The number of imidazole rings is 1. The van der Waals surface area contributed by atoms with Crippen molar-refractivity contribution in [3.63, 3.8) is 0 Å². The molecule has 1 aromatic rings. The highest BCUT2D eigenvalue weighted by Gasteiger charge is 2.13. The number of hydrogen-bond acceptors (Lipinski definition) is 2. The fraction of sp³-hybridized carbons (Fsp3) is 0.500. The summed E-state index contributed by atoms with van der Waals surface area (Å²) in [6, 6.07) is 0.214. The normalized spacial score (nSPS) is 10.8. The lowest BCUT2D eigenvalue weighted by Gasteiger charge is -2.11. The average molecular weight is 247 g/mol. The van der Waals surface area contributed by atoms with Crippen LogP contribution in [-0.2, 0) is 11.2 Å². The number of rotatable bonds is 3. The van der Waals surface area contributed by atoms with Crippen LogP contribution in [0.15, 0.2) is 10.8 Å². The lowest BCUT2D eigenvalue weighted by atomic mass is 10.3. The molecule has 0 aromatic carbocycles. The van der Waals surface area contributed by atoms with Gasteiger partial charge in [0, 0.05) is 6.04 Å². The quantitative estimate of drug-likeness (QED) is 0.886. The largest absolute Gasteiger partial charge is 0.481 e. The molecular formula is C8H11BrN2O2. The van der Waals surface area contributed by atoms with E-state index in [4.69, 9.17) is 5.11 Å². The minimum Gasteiger partial charge on any atom is -0.481 e. The van der Waals surface area contributed by atoms with Gasteiger partial charge < -0.3 is 9.67 Å². The van der Waals surface area contributed by atoms with Crippen LogP contribution in [0.1, 0.15) is 25.7 Å². The highest BCUT2D eigenvalue weighted by Crippen LogP contribution is 2.18. The maximum atomic E-state index is 10.5. The fourth-order valence-electron chi connectivity index (χ4n) is 1.19. The van der Waals surface area contributed by atoms with E-state index >= 15 is 0 Å². The van der Waals surface area contributed by atoms with E-state index in [1.165, 1.54) is 0 Å². The van der Waals surface area contributed by atoms with Gasteiger partial charge in [-0.2, -0.15) is 0 Å². The van der Waals surface area contributed by atoms with Gasteiger partial charge in [-0.15, -0.1) is 0 Å². The van der Waals surface area contributed by atoms with Crippen molar-refractivity contribution in [1.29, 1.82) is 0 Å². The van der Waals surface area contributed by atoms with Crippen LogP contribution in [-0.4, -0.2) is 20.6 Å². The van der Waals surface area contributed by atoms with E-state index in [1.807, 2.05) is 18.4 Å². The van der Waals surface area contributed by atoms with E-state index in [0.717, 1.165) is 4.60 Å². The maximum Gasteiger partial charge on any atom is 0.311 e. The summed E-state index contributed by atoms with van der Waals surface area (Å²) in [4.78, 5) is 14.5. The van der Waals surface area contributed by atoms with Crippen molar-refractivity contribution in [2.75, 3.05) is 0 Å². The maximum absolute atomic E-state index is 10.5. The van der Waals surface area contributed by atoms with Gasteiger partial charge in [0.05, 0.1) is 6.20 Å². The highest BCUT2D eigenvalue weighted by atomic mass is 79.9. The molecule has 72 valence electrons. The number of halogens is 1. The summed E-state index contributed by atoms with van der Waals surface area (Å²) in [6.45, 7) is 3.97. The molecule has 1 N–H and O–H groups in total. The van der Waals surface area contributed by atoms with Crippen LogP contribution in [0.3, 0.4) is 0 Å². The molecule has 0 aliphatic heterocycles. The predicted molar refractivity (Wildman–Crippen MR) is 51.7 cm³/mol. The number of aromatic nitrogens is 2. The Balaban J connectivity index is 3.00. The van der Waals surface area contributed by atoms with Gasteiger partial charge in [-0.1, -0.05) is 0 Å². The average Bonchev–Trinajstić information content (AvgIpc) is 2.30. The monoisotopic (exact) mass is 246 g/mol. The summed E-state index contributed by atoms with van der Waals surface area (Å²) in [5.74, 6) is -0.283. The molecule has 1 aromatic heterocycles. The van der Waals surface area contributed by atoms with Gasteiger partial charge in [-0.25, -0.2) is 4.98 Å². The van der Waals surface area contributed by atoms with Crippen LogP contribution in [0.4, 0.5) is 0 Å². The molecule has 13 heavy (non-hydrogen) atoms. The lowest BCUT2D eigenvalue weighted by Crippen LogP contribution is -2.11. The van der Waals surface area contributed by atoms with Crippen LogP contribution in [0, 0.1) is 0 Å². The van der Waals surface area contributed by atoms with E-state index in [1.54, 1.807) is 6.20 Å². The molecular weight excluding hydrogens is 236 g/mol. The van der Waals surface area contributed by atoms with Gasteiger partial charge in [0.1, 0.15) is 16.8 Å². The van der Waals surface area contributed by atoms with E-state index < -0.39 is 5.97 Å². The molecule has 0 fully saturated rings. The first-order valence-electron chi connectivity index (χ1n) is 3.95. The second-order valence-corrected chi connectivity index (χ2v) is 3.84. The van der Waals surface area contributed by atoms with Crippen LogP contribution >= 0.6 is 15.9 Å². The molecule has 1 heterocycles. The Morgan fingerprint density at radius 1 is 1.77 bits per heavy atom. The van der Waals surface area contributed by atoms with Crippen molar-refractivity contribution in [2.24, 2.45) is 0 Å². The van der Waals surface area contributed by atoms with Crippen molar-refractivity contribution < 1.29 is 9.90 Å². The van der Waals surface area contributed by atoms with E-state index in [2.05, 4.69) is 20.9 Å². The SMILES string of the molecule is CC(C)n1c(Br)cnc1CC(=O)O. The molecule has 0 bridgehead atoms. The zero-order valence-corrected chi connectivity index (χ0v) is 9.08. The first-order chi connectivity index (χ1) is 6.02. The predicted octanol–water partition coefficient (Wildman–Crippen LogP) is 1.85. The smallest absolute Gasteiger partial charge is 0.311 e. The van der Waals surface area contributed by atoms with E-state index in [-0.39, 0.29) is 12.5 Å². The Labute approximate surface area is 84.7 Å². The van der Waals surface area contributed by atoms with Gasteiger partial charge >= 0.3 is 5.97 Å². The van der Waals surface area contributed by atoms with Gasteiger partial charge in [-0.05, 0) is 29.8 Å². The zero-order chi connectivity index (χ0) is 10.0. The van der Waals surface area contributed by atoms with E-state index in [0.29, 0.717) is 5.82 Å². The molecule has 0 aliphatic rings. The Morgan fingerprint density at radius 3 is 2.85 bits per heavy atom. The Morgan fingerprint density at radius 2 is 2.38 bits per heavy atom. The zero-order valence-electron chi connectivity index (χ0n) is 7.49. The lowest BCUT2D eigenvalue weighted by molar-refractivity contribution is -0.136. The first kappa shape index (κ1) is 10.2. The molecule has 0 unspecified atom stereocenters. The number of nitrogens with zero attached hydrogens (tertiary/aromatic N) is 2. The van der Waals surface area contributed by atoms with Crippen molar-refractivity contribution in [1.82, 2.24) is 9.55 Å². The number of carboxylic acid groups (broad SMARTS) is 1. The molecule has 0 radical (unpaired) electrons. The molecule has 0 spiro atoms. The molecule has 0 atom stereocenters. The summed E-state index contributed by atoms with van der Waals surface area (Å²) in [6.07, 6.45) is 1.59. The molecule has 0 aliphatic carbocycles. The third kappa shape index (κ3) is 2.30. The summed E-state index contributed by atoms with van der Waals surface area (Å²) >= 11 is 3.32. The van der Waals surface area contributed by atoms with Crippen molar-refractivity contribution in [3.8, 4) is 0 Å². The number of aliphatic carboxylic acids is 1. The minimum atomic E-state index is -0.861. The molecule has 0 saturated carbocycles. The third-order valence-electron chi connectivity index (χ3n) is 1.65. The number of hydrogen-bond donors (Lipinski definition) is 1. The van der Waals surface area contributed by atoms with Gasteiger partial charge in [0.25, 0.3) is 0 Å². The second-order valence-electron chi connectivity index (χ2n) is 3.03. The standard InChI is InChI=1S/C8H11BrN2O2/c1-5(2)11-6(9)4-10-7(11)3-8(12)13/h4-5H,3H2,1-2H3,(H,12,13). The van der Waals surface area contributed by atoms with Gasteiger partial charge in [0.15, 0.2) is 0 Å². The highest BCUT2D eigenvalue weighted by molar-refractivity contribution is 9.10. The van der Waals surface area contributed by atoms with Crippen LogP contribution < -0.4 is 0 Å². The summed E-state index contributed by atoms with van der Waals surface area (Å²) < 4.78 is 2.67. The third-order valence-corrected chi connectivity index (χ3v) is 2.24. The molecule has 0 saturated heterocycles. The first-order valence-corrected chi connectivity index (χ1v) is 4.75. The molecule has 0 amide bonds. The summed E-state index contributed by atoms with van der Waals surface area (Å²) in [5, 5.41) is 8.61. The molecule has 5 heteroatoms. The second kappa shape index (κ2) is 3.91. The molecule has 1 rings (SSSR count). The Bertz CT molecular complexity index is 320. The van der Waals surface area contributed by atoms with Crippen molar-refractivity contribution in [3.05, 3.63) is 16.6 Å². The topological polar surface area (TPSA) is 55.1 Å². The van der Waals surface area contributed by atoms with Crippen molar-refractivity contribution in [2.45, 2.75) is 26.3 Å². The Hall–Kier alpha value is -0.840. The number of carbonyl (C=O) groups is 1. The van der Waals surface area contributed by atoms with Crippen LogP contribution in [0.25, 0.3) is 0 Å². The molecule has 4 nitrogen and oxygen atoms in total. The van der Waals surface area contributed by atoms with E-state index in [9.17, 15) is 4.79 Å². The van der Waals surface area contributed by atoms with Crippen LogP contribution in [0.5, 0.6) is 0 Å². The Kier molecular flexibility index (Phi) is 3.08. The number of carboxylic acids is 1. The summed E-state index contributed by atoms with van der Waals surface area (Å²) in [5.41, 5.74) is 0. The van der Waals surface area contributed by atoms with Crippen LogP contribution in [0.2, 0.25) is 0 Å². The van der Waals surface area contributed by atoms with Gasteiger partial charge in [-0.3, -0.25) is 4.79 Å². The summed E-state index contributed by atoms with van der Waals surface area (Å²) in [7, 11) is 0. The van der Waals surface area contributed by atoms with Crippen molar-refractivity contribution >= 4 is 21.9 Å². The fourth-order valence-corrected chi connectivity index (χ4v) is 1.90.